The summed E-state index contributed by atoms with van der Waals surface area (Å²) in [6.45, 7) is 4.87. The Labute approximate surface area is 404 Å². The van der Waals surface area contributed by atoms with Crippen LogP contribution >= 0.6 is 0 Å². The molecule has 0 aliphatic carbocycles. The third-order valence-corrected chi connectivity index (χ3v) is 13.2. The van der Waals surface area contributed by atoms with Gasteiger partial charge in [0.25, 0.3) is 0 Å². The first kappa shape index (κ1) is 63.1. The summed E-state index contributed by atoms with van der Waals surface area (Å²) in [6.07, 6.45) is 67.3. The second-order valence-corrected chi connectivity index (χ2v) is 19.7. The molecule has 2 atom stereocenters. The molecule has 0 aliphatic heterocycles. The number of aliphatic hydroxyl groups excluding tert-OH is 2. The van der Waals surface area contributed by atoms with Crippen molar-refractivity contribution in [3.8, 4) is 0 Å². The van der Waals surface area contributed by atoms with Crippen LogP contribution in [0.4, 0.5) is 0 Å². The van der Waals surface area contributed by atoms with Gasteiger partial charge in [-0.2, -0.15) is 0 Å². The third kappa shape index (κ3) is 51.3. The van der Waals surface area contributed by atoms with Crippen LogP contribution in [-0.4, -0.2) is 47.4 Å². The van der Waals surface area contributed by atoms with Gasteiger partial charge in [-0.15, -0.1) is 0 Å². The van der Waals surface area contributed by atoms with E-state index in [1.54, 1.807) is 6.08 Å². The van der Waals surface area contributed by atoms with Gasteiger partial charge < -0.3 is 20.3 Å². The van der Waals surface area contributed by atoms with E-state index in [0.29, 0.717) is 19.4 Å². The second kappa shape index (κ2) is 54.7. The molecule has 0 radical (unpaired) electrons. The van der Waals surface area contributed by atoms with Crippen molar-refractivity contribution in [3.05, 3.63) is 36.5 Å². The number of hydrogen-bond donors (Lipinski definition) is 3. The minimum Gasteiger partial charge on any atom is -0.466 e. The standard InChI is InChI=1S/C59H111NO5/c1-3-5-7-9-11-13-15-17-18-24-28-31-35-39-43-47-51-57(62)56(55-61)60-58(63)52-48-44-40-36-32-29-25-22-20-19-21-23-26-30-34-38-42-46-50-54-65-59(64)53-49-45-41-37-33-27-16-14-12-10-8-6-4-2/h23,26,30,34,47,51,56-57,61-62H,3-22,24-25,27-29,31-33,35-46,48-50,52-55H2,1-2H3,(H,60,63)/b26-23-,34-30-,51-47+. The zero-order valence-corrected chi connectivity index (χ0v) is 43.5. The maximum Gasteiger partial charge on any atom is 0.305 e. The van der Waals surface area contributed by atoms with Crippen LogP contribution in [0.25, 0.3) is 0 Å². The van der Waals surface area contributed by atoms with E-state index in [-0.39, 0.29) is 18.5 Å². The molecule has 0 bridgehead atoms. The van der Waals surface area contributed by atoms with Crippen LogP contribution < -0.4 is 5.32 Å². The highest BCUT2D eigenvalue weighted by atomic mass is 16.5. The Balaban J connectivity index is 3.51. The molecule has 0 aliphatic rings. The minimum absolute atomic E-state index is 0.0128. The number of amides is 1. The predicted molar refractivity (Wildman–Crippen MR) is 283 cm³/mol. The third-order valence-electron chi connectivity index (χ3n) is 13.2. The van der Waals surface area contributed by atoms with Gasteiger partial charge in [-0.05, 0) is 64.2 Å². The van der Waals surface area contributed by atoms with Crippen molar-refractivity contribution in [1.29, 1.82) is 0 Å². The molecule has 0 heterocycles. The quantitative estimate of drug-likeness (QED) is 0.0244. The highest BCUT2D eigenvalue weighted by molar-refractivity contribution is 5.76. The molecular formula is C59H111NO5. The lowest BCUT2D eigenvalue weighted by atomic mass is 10.0. The van der Waals surface area contributed by atoms with Crippen molar-refractivity contribution < 1.29 is 24.5 Å². The number of ether oxygens (including phenoxy) is 1. The lowest BCUT2D eigenvalue weighted by Gasteiger charge is -2.20. The molecule has 382 valence electrons. The largest absolute Gasteiger partial charge is 0.466 e. The topological polar surface area (TPSA) is 95.9 Å². The number of hydrogen-bond acceptors (Lipinski definition) is 5. The lowest BCUT2D eigenvalue weighted by molar-refractivity contribution is -0.143. The molecule has 6 nitrogen and oxygen atoms in total. The summed E-state index contributed by atoms with van der Waals surface area (Å²) in [5.74, 6) is -0.0897. The van der Waals surface area contributed by atoms with Crippen LogP contribution in [0.5, 0.6) is 0 Å². The summed E-state index contributed by atoms with van der Waals surface area (Å²) in [6, 6.07) is -0.635. The molecule has 0 aromatic carbocycles. The van der Waals surface area contributed by atoms with Crippen LogP contribution in [0, 0.1) is 0 Å². The van der Waals surface area contributed by atoms with E-state index >= 15 is 0 Å². The Morgan fingerprint density at radius 3 is 1.14 bits per heavy atom. The number of carbonyl (C=O) groups is 2. The molecule has 65 heavy (non-hydrogen) atoms. The first-order valence-corrected chi connectivity index (χ1v) is 28.8. The maximum absolute atomic E-state index is 12.5. The van der Waals surface area contributed by atoms with Gasteiger partial charge in [0.2, 0.25) is 5.91 Å². The average molecular weight is 915 g/mol. The summed E-state index contributed by atoms with van der Waals surface area (Å²) in [5, 5.41) is 23.1. The molecule has 1 amide bonds. The number of esters is 1. The van der Waals surface area contributed by atoms with Crippen LogP contribution in [0.2, 0.25) is 0 Å². The summed E-state index contributed by atoms with van der Waals surface area (Å²) >= 11 is 0. The molecule has 0 fully saturated rings. The van der Waals surface area contributed by atoms with Crippen molar-refractivity contribution >= 4 is 11.9 Å². The van der Waals surface area contributed by atoms with Crippen molar-refractivity contribution in [3.63, 3.8) is 0 Å². The maximum atomic E-state index is 12.5. The van der Waals surface area contributed by atoms with Gasteiger partial charge in [0.15, 0.2) is 0 Å². The highest BCUT2D eigenvalue weighted by Gasteiger charge is 2.18. The summed E-state index contributed by atoms with van der Waals surface area (Å²) < 4.78 is 5.45. The fourth-order valence-corrected chi connectivity index (χ4v) is 8.74. The van der Waals surface area contributed by atoms with Gasteiger partial charge in [0, 0.05) is 12.8 Å². The average Bonchev–Trinajstić information content (AvgIpc) is 3.31. The SMILES string of the molecule is CCCCCCCCCCCCCCCC/C=C/C(O)C(CO)NC(=O)CCCCCCCCCCCC/C=C\C=C/CCCCCOC(=O)CCCCCCCCCCCCCCC. The molecular weight excluding hydrogens is 803 g/mol. The molecule has 2 unspecified atom stereocenters. The number of carbonyl (C=O) groups excluding carboxylic acids is 2. The van der Waals surface area contributed by atoms with Crippen molar-refractivity contribution in [2.45, 2.75) is 315 Å². The molecule has 0 rings (SSSR count). The number of nitrogens with one attached hydrogen (secondary N) is 1. The summed E-state index contributed by atoms with van der Waals surface area (Å²) in [7, 11) is 0. The second-order valence-electron chi connectivity index (χ2n) is 19.7. The van der Waals surface area contributed by atoms with Gasteiger partial charge in [0.05, 0.1) is 25.4 Å². The van der Waals surface area contributed by atoms with E-state index in [1.807, 2.05) is 6.08 Å². The molecule has 0 aromatic rings. The van der Waals surface area contributed by atoms with E-state index < -0.39 is 12.1 Å². The van der Waals surface area contributed by atoms with E-state index in [1.165, 1.54) is 199 Å². The predicted octanol–water partition coefficient (Wildman–Crippen LogP) is 17.6. The number of allylic oxidation sites excluding steroid dienone is 5. The first-order chi connectivity index (χ1) is 32.0. The number of rotatable bonds is 53. The fraction of sp³-hybridized carbons (Fsp3) is 0.864. The van der Waals surface area contributed by atoms with Gasteiger partial charge >= 0.3 is 5.97 Å². The molecule has 0 spiro atoms. The van der Waals surface area contributed by atoms with Gasteiger partial charge in [-0.3, -0.25) is 9.59 Å². The van der Waals surface area contributed by atoms with Gasteiger partial charge in [0.1, 0.15) is 0 Å². The van der Waals surface area contributed by atoms with E-state index in [0.717, 1.165) is 77.0 Å². The summed E-state index contributed by atoms with van der Waals surface area (Å²) in [4.78, 5) is 24.5. The number of unbranched alkanes of at least 4 members (excludes halogenated alkanes) is 39. The molecule has 3 N–H and O–H groups in total. The Hall–Kier alpha value is -1.92. The Bertz CT molecular complexity index is 1060. The van der Waals surface area contributed by atoms with Crippen molar-refractivity contribution in [2.75, 3.05) is 13.2 Å². The molecule has 0 saturated heterocycles. The van der Waals surface area contributed by atoms with Crippen molar-refractivity contribution in [1.82, 2.24) is 5.32 Å². The van der Waals surface area contributed by atoms with Gasteiger partial charge in [-0.1, -0.05) is 262 Å². The van der Waals surface area contributed by atoms with E-state index in [2.05, 4.69) is 43.5 Å². The van der Waals surface area contributed by atoms with Gasteiger partial charge in [-0.25, -0.2) is 0 Å². The normalized spacial score (nSPS) is 12.9. The van der Waals surface area contributed by atoms with E-state index in [9.17, 15) is 19.8 Å². The molecule has 0 saturated carbocycles. The highest BCUT2D eigenvalue weighted by Crippen LogP contribution is 2.16. The monoisotopic (exact) mass is 914 g/mol. The molecule has 6 heteroatoms. The zero-order chi connectivity index (χ0) is 47.2. The zero-order valence-electron chi connectivity index (χ0n) is 43.5. The Morgan fingerprint density at radius 2 is 0.754 bits per heavy atom. The fourth-order valence-electron chi connectivity index (χ4n) is 8.74. The first-order valence-electron chi connectivity index (χ1n) is 28.8. The Morgan fingerprint density at radius 1 is 0.431 bits per heavy atom. The minimum atomic E-state index is -0.851. The summed E-state index contributed by atoms with van der Waals surface area (Å²) in [5.41, 5.74) is 0. The van der Waals surface area contributed by atoms with Crippen molar-refractivity contribution in [2.24, 2.45) is 0 Å². The number of aliphatic hydroxyl groups is 2. The van der Waals surface area contributed by atoms with Crippen LogP contribution in [0.3, 0.4) is 0 Å². The lowest BCUT2D eigenvalue weighted by Crippen LogP contribution is -2.45. The Kier molecular flexibility index (Phi) is 53.1. The van der Waals surface area contributed by atoms with Crippen LogP contribution in [0.1, 0.15) is 303 Å². The van der Waals surface area contributed by atoms with E-state index in [4.69, 9.17) is 4.74 Å². The van der Waals surface area contributed by atoms with Crippen LogP contribution in [-0.2, 0) is 14.3 Å². The molecule has 0 aromatic heterocycles. The smallest absolute Gasteiger partial charge is 0.305 e. The van der Waals surface area contributed by atoms with Crippen LogP contribution in [0.15, 0.2) is 36.5 Å².